The molecule has 1 heterocycles. The van der Waals surface area contributed by atoms with Crippen LogP contribution in [0.3, 0.4) is 0 Å². The van der Waals surface area contributed by atoms with Crippen LogP contribution in [0.4, 0.5) is 0 Å². The summed E-state index contributed by atoms with van der Waals surface area (Å²) in [7, 11) is 0. The number of carbonyl (C=O) groups is 1. The lowest BCUT2D eigenvalue weighted by molar-refractivity contribution is -0.139. The standard InChI is InChI=1S/C12H24N2O2/c1-9(2)13-6-5-11(7-13)14(10(3)4)8-12(15)16/h9-11H,5-8H2,1-4H3,(H,15,16). The van der Waals surface area contributed by atoms with Gasteiger partial charge in [0.25, 0.3) is 0 Å². The van der Waals surface area contributed by atoms with Gasteiger partial charge in [0, 0.05) is 31.2 Å². The molecular formula is C12H24N2O2. The summed E-state index contributed by atoms with van der Waals surface area (Å²) in [5.41, 5.74) is 0. The van der Waals surface area contributed by atoms with Crippen molar-refractivity contribution in [3.05, 3.63) is 0 Å². The summed E-state index contributed by atoms with van der Waals surface area (Å²) in [6.07, 6.45) is 1.09. The third kappa shape index (κ3) is 3.46. The van der Waals surface area contributed by atoms with Gasteiger partial charge in [0.05, 0.1) is 6.54 Å². The van der Waals surface area contributed by atoms with Gasteiger partial charge < -0.3 is 5.11 Å². The molecule has 1 atom stereocenters. The van der Waals surface area contributed by atoms with Crippen molar-refractivity contribution in [2.45, 2.75) is 52.2 Å². The zero-order chi connectivity index (χ0) is 12.3. The Morgan fingerprint density at radius 3 is 2.44 bits per heavy atom. The van der Waals surface area contributed by atoms with E-state index >= 15 is 0 Å². The highest BCUT2D eigenvalue weighted by Crippen LogP contribution is 2.19. The molecule has 0 saturated carbocycles. The van der Waals surface area contributed by atoms with Gasteiger partial charge in [-0.15, -0.1) is 0 Å². The lowest BCUT2D eigenvalue weighted by Crippen LogP contribution is -2.45. The number of carboxylic acids is 1. The van der Waals surface area contributed by atoms with Crippen LogP contribution in [-0.2, 0) is 4.79 Å². The minimum Gasteiger partial charge on any atom is -0.480 e. The molecule has 0 spiro atoms. The van der Waals surface area contributed by atoms with E-state index in [1.54, 1.807) is 0 Å². The summed E-state index contributed by atoms with van der Waals surface area (Å²) < 4.78 is 0. The first-order chi connectivity index (χ1) is 7.41. The molecule has 1 rings (SSSR count). The van der Waals surface area contributed by atoms with Gasteiger partial charge >= 0.3 is 5.97 Å². The summed E-state index contributed by atoms with van der Waals surface area (Å²) in [4.78, 5) is 15.4. The van der Waals surface area contributed by atoms with Crippen LogP contribution >= 0.6 is 0 Å². The van der Waals surface area contributed by atoms with Gasteiger partial charge in [0.2, 0.25) is 0 Å². The van der Waals surface area contributed by atoms with Crippen molar-refractivity contribution in [2.75, 3.05) is 19.6 Å². The van der Waals surface area contributed by atoms with Crippen molar-refractivity contribution < 1.29 is 9.90 Å². The predicted octanol–water partition coefficient (Wildman–Crippen LogP) is 1.26. The lowest BCUT2D eigenvalue weighted by atomic mass is 10.1. The molecule has 0 aromatic heterocycles. The Bertz CT molecular complexity index is 241. The summed E-state index contributed by atoms with van der Waals surface area (Å²) in [5.74, 6) is -0.725. The fourth-order valence-corrected chi connectivity index (χ4v) is 2.40. The maximum Gasteiger partial charge on any atom is 0.317 e. The van der Waals surface area contributed by atoms with E-state index in [2.05, 4.69) is 37.5 Å². The average molecular weight is 228 g/mol. The van der Waals surface area contributed by atoms with E-state index in [1.807, 2.05) is 0 Å². The Morgan fingerprint density at radius 1 is 1.44 bits per heavy atom. The second kappa shape index (κ2) is 5.64. The van der Waals surface area contributed by atoms with Crippen LogP contribution in [-0.4, -0.2) is 58.6 Å². The SMILES string of the molecule is CC(C)N1CCC(N(CC(=O)O)C(C)C)C1. The Morgan fingerprint density at radius 2 is 2.06 bits per heavy atom. The Hall–Kier alpha value is -0.610. The molecule has 1 saturated heterocycles. The smallest absolute Gasteiger partial charge is 0.317 e. The summed E-state index contributed by atoms with van der Waals surface area (Å²) >= 11 is 0. The number of carboxylic acid groups (broad SMARTS) is 1. The van der Waals surface area contributed by atoms with Gasteiger partial charge in [0.1, 0.15) is 0 Å². The largest absolute Gasteiger partial charge is 0.480 e. The monoisotopic (exact) mass is 228 g/mol. The molecule has 0 radical (unpaired) electrons. The van der Waals surface area contributed by atoms with Crippen molar-refractivity contribution >= 4 is 5.97 Å². The average Bonchev–Trinajstić information content (AvgIpc) is 2.61. The molecular weight excluding hydrogens is 204 g/mol. The maximum atomic E-state index is 10.8. The second-order valence-electron chi connectivity index (χ2n) is 5.19. The van der Waals surface area contributed by atoms with Crippen LogP contribution < -0.4 is 0 Å². The molecule has 4 nitrogen and oxygen atoms in total. The molecule has 1 aliphatic heterocycles. The third-order valence-corrected chi connectivity index (χ3v) is 3.38. The summed E-state index contributed by atoms with van der Waals surface area (Å²) in [6, 6.07) is 1.26. The number of aliphatic carboxylic acids is 1. The molecule has 0 aromatic carbocycles. The van der Waals surface area contributed by atoms with Crippen molar-refractivity contribution in [3.8, 4) is 0 Å². The quantitative estimate of drug-likeness (QED) is 0.769. The number of likely N-dealkylation sites (tertiary alicyclic amines) is 1. The van der Waals surface area contributed by atoms with Crippen molar-refractivity contribution in [2.24, 2.45) is 0 Å². The fourth-order valence-electron chi connectivity index (χ4n) is 2.40. The van der Waals surface area contributed by atoms with Crippen molar-refractivity contribution in [1.29, 1.82) is 0 Å². The number of hydrogen-bond acceptors (Lipinski definition) is 3. The Labute approximate surface area is 98.2 Å². The molecule has 0 amide bonds. The topological polar surface area (TPSA) is 43.8 Å². The first-order valence-corrected chi connectivity index (χ1v) is 6.13. The third-order valence-electron chi connectivity index (χ3n) is 3.38. The molecule has 1 aliphatic rings. The van der Waals surface area contributed by atoms with E-state index in [0.717, 1.165) is 19.5 Å². The zero-order valence-electron chi connectivity index (χ0n) is 10.8. The highest BCUT2D eigenvalue weighted by Gasteiger charge is 2.31. The molecule has 1 fully saturated rings. The predicted molar refractivity (Wildman–Crippen MR) is 64.6 cm³/mol. The van der Waals surface area contributed by atoms with E-state index < -0.39 is 5.97 Å². The van der Waals surface area contributed by atoms with Crippen molar-refractivity contribution in [1.82, 2.24) is 9.80 Å². The minimum absolute atomic E-state index is 0.161. The van der Waals surface area contributed by atoms with Crippen LogP contribution in [0.15, 0.2) is 0 Å². The van der Waals surface area contributed by atoms with Crippen LogP contribution in [0.25, 0.3) is 0 Å². The summed E-state index contributed by atoms with van der Waals surface area (Å²) in [5, 5.41) is 8.91. The van der Waals surface area contributed by atoms with Crippen molar-refractivity contribution in [3.63, 3.8) is 0 Å². The lowest BCUT2D eigenvalue weighted by Gasteiger charge is -2.31. The number of nitrogens with zero attached hydrogens (tertiary/aromatic N) is 2. The molecule has 1 unspecified atom stereocenters. The van der Waals surface area contributed by atoms with E-state index in [9.17, 15) is 4.79 Å². The molecule has 0 bridgehead atoms. The van der Waals surface area contributed by atoms with E-state index in [4.69, 9.17) is 5.11 Å². The minimum atomic E-state index is -0.725. The first kappa shape index (κ1) is 13.5. The van der Waals surface area contributed by atoms with Gasteiger partial charge in [-0.25, -0.2) is 0 Å². The van der Waals surface area contributed by atoms with E-state index in [-0.39, 0.29) is 6.54 Å². The van der Waals surface area contributed by atoms with Crippen LogP contribution in [0.5, 0.6) is 0 Å². The highest BCUT2D eigenvalue weighted by molar-refractivity contribution is 5.69. The molecule has 0 aliphatic carbocycles. The number of hydrogen-bond donors (Lipinski definition) is 1. The number of rotatable bonds is 5. The molecule has 94 valence electrons. The molecule has 1 N–H and O–H groups in total. The van der Waals surface area contributed by atoms with Gasteiger partial charge in [-0.2, -0.15) is 0 Å². The molecule has 0 aromatic rings. The van der Waals surface area contributed by atoms with Gasteiger partial charge in [0.15, 0.2) is 0 Å². The maximum absolute atomic E-state index is 10.8. The zero-order valence-corrected chi connectivity index (χ0v) is 10.8. The molecule has 4 heteroatoms. The second-order valence-corrected chi connectivity index (χ2v) is 5.19. The van der Waals surface area contributed by atoms with Gasteiger partial charge in [-0.05, 0) is 34.1 Å². The van der Waals surface area contributed by atoms with E-state index in [0.29, 0.717) is 18.1 Å². The Kier molecular flexibility index (Phi) is 4.74. The van der Waals surface area contributed by atoms with Crippen LogP contribution in [0.1, 0.15) is 34.1 Å². The fraction of sp³-hybridized carbons (Fsp3) is 0.917. The van der Waals surface area contributed by atoms with Gasteiger partial charge in [-0.1, -0.05) is 0 Å². The Balaban J connectivity index is 2.57. The van der Waals surface area contributed by atoms with Crippen LogP contribution in [0.2, 0.25) is 0 Å². The summed E-state index contributed by atoms with van der Waals surface area (Å²) in [6.45, 7) is 10.8. The van der Waals surface area contributed by atoms with Gasteiger partial charge in [-0.3, -0.25) is 14.6 Å². The normalized spacial score (nSPS) is 22.6. The van der Waals surface area contributed by atoms with Crippen LogP contribution in [0, 0.1) is 0 Å². The molecule has 16 heavy (non-hydrogen) atoms. The highest BCUT2D eigenvalue weighted by atomic mass is 16.4. The van der Waals surface area contributed by atoms with E-state index in [1.165, 1.54) is 0 Å². The first-order valence-electron chi connectivity index (χ1n) is 6.13.